The van der Waals surface area contributed by atoms with Gasteiger partial charge in [0, 0.05) is 13.2 Å². The quantitative estimate of drug-likeness (QED) is 0.515. The van der Waals surface area contributed by atoms with Crippen molar-refractivity contribution in [1.82, 2.24) is 0 Å². The van der Waals surface area contributed by atoms with Crippen molar-refractivity contribution in [1.29, 1.82) is 0 Å². The molecule has 0 fully saturated rings. The summed E-state index contributed by atoms with van der Waals surface area (Å²) in [6.07, 6.45) is 7.65. The number of unbranched alkanes of at least 4 members (excludes halogenated alkanes) is 2. The van der Waals surface area contributed by atoms with Crippen LogP contribution in [0.3, 0.4) is 0 Å². The number of hydrogen-bond donors (Lipinski definition) is 1. The Morgan fingerprint density at radius 1 is 0.864 bits per heavy atom. The van der Waals surface area contributed by atoms with Crippen LogP contribution >= 0.6 is 0 Å². The van der Waals surface area contributed by atoms with Crippen LogP contribution in [-0.4, -0.2) is 27.4 Å². The van der Waals surface area contributed by atoms with E-state index in [2.05, 4.69) is 20.8 Å². The van der Waals surface area contributed by atoms with Crippen molar-refractivity contribution < 1.29 is 13.2 Å². The molecule has 0 heterocycles. The van der Waals surface area contributed by atoms with Crippen LogP contribution in [0.25, 0.3) is 0 Å². The Morgan fingerprint density at radius 3 is 1.73 bits per heavy atom. The highest BCUT2D eigenvalue weighted by molar-refractivity contribution is 7.89. The molecule has 4 nitrogen and oxygen atoms in total. The van der Waals surface area contributed by atoms with E-state index in [1.54, 1.807) is 0 Å². The lowest BCUT2D eigenvalue weighted by atomic mass is 9.85. The van der Waals surface area contributed by atoms with Gasteiger partial charge >= 0.3 is 0 Å². The Kier molecular flexibility index (Phi) is 9.83. The van der Waals surface area contributed by atoms with E-state index in [1.165, 1.54) is 19.3 Å². The van der Waals surface area contributed by atoms with Crippen molar-refractivity contribution in [3.8, 4) is 0 Å². The minimum absolute atomic E-state index is 0.0497. The normalized spacial score (nSPS) is 13.5. The molecular formula is C17H37NO3S. The Morgan fingerprint density at radius 2 is 1.32 bits per heavy atom. The second-order valence-corrected chi connectivity index (χ2v) is 9.63. The molecule has 0 rings (SSSR count). The maximum atomic E-state index is 11.1. The zero-order valence-corrected chi connectivity index (χ0v) is 16.1. The maximum absolute atomic E-state index is 11.1. The van der Waals surface area contributed by atoms with Gasteiger partial charge in [-0.3, -0.25) is 0 Å². The monoisotopic (exact) mass is 335 g/mol. The first-order valence-corrected chi connectivity index (χ1v) is 10.3. The topological polar surface area (TPSA) is 69.4 Å². The number of primary sulfonamides is 1. The zero-order valence-electron chi connectivity index (χ0n) is 15.3. The van der Waals surface area contributed by atoms with Gasteiger partial charge in [-0.2, -0.15) is 0 Å². The van der Waals surface area contributed by atoms with Crippen LogP contribution in [0.2, 0.25) is 0 Å². The van der Waals surface area contributed by atoms with Crippen molar-refractivity contribution in [2.24, 2.45) is 16.0 Å². The minimum atomic E-state index is -3.39. The van der Waals surface area contributed by atoms with Crippen LogP contribution in [0.15, 0.2) is 0 Å². The standard InChI is InChI=1S/C17H37NO3S/c1-6-16(2,3)11-7-9-13-21-14-10-8-12-17(4,5)15-22(18,19)20/h6-15H2,1-5H3,(H2,18,19,20). The number of hydrogen-bond acceptors (Lipinski definition) is 3. The zero-order chi connectivity index (χ0) is 17.3. The van der Waals surface area contributed by atoms with Gasteiger partial charge in [0.2, 0.25) is 10.0 Å². The lowest BCUT2D eigenvalue weighted by Gasteiger charge is -2.23. The molecule has 0 aliphatic carbocycles. The molecule has 5 heteroatoms. The lowest BCUT2D eigenvalue weighted by Crippen LogP contribution is -2.29. The molecule has 0 saturated heterocycles. The fourth-order valence-electron chi connectivity index (χ4n) is 2.51. The van der Waals surface area contributed by atoms with E-state index >= 15 is 0 Å². The van der Waals surface area contributed by atoms with Crippen molar-refractivity contribution in [3.05, 3.63) is 0 Å². The van der Waals surface area contributed by atoms with Crippen molar-refractivity contribution in [2.45, 2.75) is 79.6 Å². The van der Waals surface area contributed by atoms with Gasteiger partial charge in [0.25, 0.3) is 0 Å². The molecule has 0 spiro atoms. The highest BCUT2D eigenvalue weighted by atomic mass is 32.2. The number of ether oxygens (including phenoxy) is 1. The molecule has 0 aromatic carbocycles. The van der Waals surface area contributed by atoms with E-state index in [1.807, 2.05) is 13.8 Å². The van der Waals surface area contributed by atoms with Crippen LogP contribution in [0.5, 0.6) is 0 Å². The van der Waals surface area contributed by atoms with Gasteiger partial charge in [-0.05, 0) is 36.5 Å². The molecule has 0 aliphatic rings. The van der Waals surface area contributed by atoms with Crippen molar-refractivity contribution in [3.63, 3.8) is 0 Å². The van der Waals surface area contributed by atoms with Gasteiger partial charge in [0.05, 0.1) is 5.75 Å². The Hall–Kier alpha value is -0.130. The van der Waals surface area contributed by atoms with Gasteiger partial charge in [-0.25, -0.2) is 13.6 Å². The molecule has 0 aliphatic heterocycles. The summed E-state index contributed by atoms with van der Waals surface area (Å²) in [7, 11) is -3.39. The van der Waals surface area contributed by atoms with Gasteiger partial charge in [-0.15, -0.1) is 0 Å². The fourth-order valence-corrected chi connectivity index (χ4v) is 3.74. The Labute approximate surface area is 138 Å². The molecule has 0 atom stereocenters. The van der Waals surface area contributed by atoms with Gasteiger partial charge in [0.1, 0.15) is 0 Å². The fraction of sp³-hybridized carbons (Fsp3) is 1.00. The number of sulfonamides is 1. The second kappa shape index (κ2) is 9.89. The SMILES string of the molecule is CCC(C)(C)CCCCOCCCCC(C)(C)CS(N)(=O)=O. The third-order valence-electron chi connectivity index (χ3n) is 4.33. The lowest BCUT2D eigenvalue weighted by molar-refractivity contribution is 0.121. The maximum Gasteiger partial charge on any atom is 0.209 e. The van der Waals surface area contributed by atoms with Gasteiger partial charge in [-0.1, -0.05) is 53.9 Å². The number of rotatable bonds is 13. The number of nitrogens with two attached hydrogens (primary N) is 1. The Bertz CT molecular complexity index is 389. The van der Waals surface area contributed by atoms with E-state index < -0.39 is 10.0 Å². The van der Waals surface area contributed by atoms with E-state index in [4.69, 9.17) is 9.88 Å². The molecule has 0 saturated carbocycles. The molecule has 0 unspecified atom stereocenters. The predicted molar refractivity (Wildman–Crippen MR) is 94.3 cm³/mol. The average molecular weight is 336 g/mol. The summed E-state index contributed by atoms with van der Waals surface area (Å²) in [5.74, 6) is 0.0497. The van der Waals surface area contributed by atoms with Gasteiger partial charge < -0.3 is 4.74 Å². The summed E-state index contributed by atoms with van der Waals surface area (Å²) in [6, 6.07) is 0. The van der Waals surface area contributed by atoms with E-state index in [-0.39, 0.29) is 11.2 Å². The molecular weight excluding hydrogens is 298 g/mol. The first kappa shape index (κ1) is 21.9. The molecule has 0 bridgehead atoms. The van der Waals surface area contributed by atoms with Crippen LogP contribution in [0.1, 0.15) is 79.6 Å². The van der Waals surface area contributed by atoms with Crippen molar-refractivity contribution >= 4 is 10.0 Å². The van der Waals surface area contributed by atoms with E-state index in [0.29, 0.717) is 5.41 Å². The summed E-state index contributed by atoms with van der Waals surface area (Å²) in [6.45, 7) is 12.4. The minimum Gasteiger partial charge on any atom is -0.381 e. The molecule has 0 radical (unpaired) electrons. The third-order valence-corrected chi connectivity index (χ3v) is 5.52. The molecule has 22 heavy (non-hydrogen) atoms. The summed E-state index contributed by atoms with van der Waals surface area (Å²) in [4.78, 5) is 0. The highest BCUT2D eigenvalue weighted by Gasteiger charge is 2.23. The molecule has 0 aromatic heterocycles. The predicted octanol–water partition coefficient (Wildman–Crippen LogP) is 4.09. The highest BCUT2D eigenvalue weighted by Crippen LogP contribution is 2.27. The van der Waals surface area contributed by atoms with E-state index in [9.17, 15) is 8.42 Å². The third kappa shape index (κ3) is 13.5. The first-order chi connectivity index (χ1) is 9.97. The van der Waals surface area contributed by atoms with E-state index in [0.717, 1.165) is 38.9 Å². The molecule has 2 N–H and O–H groups in total. The van der Waals surface area contributed by atoms with Crippen molar-refractivity contribution in [2.75, 3.05) is 19.0 Å². The average Bonchev–Trinajstić information content (AvgIpc) is 2.33. The van der Waals surface area contributed by atoms with Crippen LogP contribution < -0.4 is 5.14 Å². The van der Waals surface area contributed by atoms with Crippen LogP contribution in [-0.2, 0) is 14.8 Å². The first-order valence-electron chi connectivity index (χ1n) is 8.56. The summed E-state index contributed by atoms with van der Waals surface area (Å²) >= 11 is 0. The largest absolute Gasteiger partial charge is 0.381 e. The van der Waals surface area contributed by atoms with Crippen LogP contribution in [0.4, 0.5) is 0 Å². The molecule has 134 valence electrons. The summed E-state index contributed by atoms with van der Waals surface area (Å²) < 4.78 is 27.9. The summed E-state index contributed by atoms with van der Waals surface area (Å²) in [5, 5.41) is 5.11. The molecule has 0 aromatic rings. The van der Waals surface area contributed by atoms with Gasteiger partial charge in [0.15, 0.2) is 0 Å². The second-order valence-electron chi connectivity index (χ2n) is 8.02. The van der Waals surface area contributed by atoms with Crippen LogP contribution in [0, 0.1) is 10.8 Å². The molecule has 0 amide bonds. The summed E-state index contributed by atoms with van der Waals surface area (Å²) in [5.41, 5.74) is 0.203. The smallest absolute Gasteiger partial charge is 0.209 e. The Balaban J connectivity index is 3.55.